The fourth-order valence-corrected chi connectivity index (χ4v) is 5.87. The van der Waals surface area contributed by atoms with Crippen LogP contribution in [0.15, 0.2) is 36.5 Å². The third-order valence-corrected chi connectivity index (χ3v) is 7.94. The van der Waals surface area contributed by atoms with E-state index in [1.54, 1.807) is 11.0 Å². The second-order valence-electron chi connectivity index (χ2n) is 9.74. The number of likely N-dealkylation sites (tertiary alicyclic amines) is 1. The van der Waals surface area contributed by atoms with E-state index < -0.39 is 27.5 Å². The lowest BCUT2D eigenvalue weighted by Gasteiger charge is -2.42. The first-order valence-corrected chi connectivity index (χ1v) is 13.9. The minimum Gasteiger partial charge on any atom is -0.376 e. The van der Waals surface area contributed by atoms with Gasteiger partial charge in [-0.15, -0.1) is 0 Å². The number of amides is 1. The van der Waals surface area contributed by atoms with Gasteiger partial charge in [-0.1, -0.05) is 36.5 Å². The van der Waals surface area contributed by atoms with E-state index in [9.17, 15) is 18.5 Å². The van der Waals surface area contributed by atoms with Crippen LogP contribution in [-0.4, -0.2) is 56.8 Å². The van der Waals surface area contributed by atoms with E-state index in [1.165, 1.54) is 5.57 Å². The molecule has 0 aromatic heterocycles. The summed E-state index contributed by atoms with van der Waals surface area (Å²) < 4.78 is 32.9. The van der Waals surface area contributed by atoms with Crippen molar-refractivity contribution in [3.05, 3.63) is 36.5 Å². The van der Waals surface area contributed by atoms with E-state index in [1.807, 2.05) is 12.2 Å². The summed E-state index contributed by atoms with van der Waals surface area (Å²) in [5, 5.41) is 9.51. The molecule has 8 heteroatoms. The molecule has 1 saturated heterocycles. The maximum Gasteiger partial charge on any atom is 0.243 e. The maximum atomic E-state index is 13.2. The van der Waals surface area contributed by atoms with Crippen LogP contribution in [0.1, 0.15) is 58.3 Å². The van der Waals surface area contributed by atoms with Crippen molar-refractivity contribution in [3.8, 4) is 6.07 Å². The van der Waals surface area contributed by atoms with Crippen LogP contribution in [-0.2, 0) is 19.6 Å². The van der Waals surface area contributed by atoms with Crippen molar-refractivity contribution in [2.24, 2.45) is 11.3 Å². The first-order chi connectivity index (χ1) is 15.7. The summed E-state index contributed by atoms with van der Waals surface area (Å²) in [5.41, 5.74) is 0.437. The smallest absolute Gasteiger partial charge is 0.243 e. The number of ether oxygens (including phenoxy) is 1. The highest BCUT2D eigenvalue weighted by molar-refractivity contribution is 7.88. The average molecular weight is 476 g/mol. The summed E-state index contributed by atoms with van der Waals surface area (Å²) in [6.45, 7) is 6.67. The number of sulfonamides is 1. The Labute approximate surface area is 198 Å². The largest absolute Gasteiger partial charge is 0.376 e. The second-order valence-corrected chi connectivity index (χ2v) is 11.5. The molecule has 0 radical (unpaired) electrons. The number of carbonyl (C=O) groups excluding carboxylic acids is 1. The zero-order valence-corrected chi connectivity index (χ0v) is 20.6. The highest BCUT2D eigenvalue weighted by atomic mass is 32.2. The summed E-state index contributed by atoms with van der Waals surface area (Å²) >= 11 is 0. The molecule has 1 aliphatic heterocycles. The summed E-state index contributed by atoms with van der Waals surface area (Å²) in [6.07, 6.45) is 15.6. The maximum absolute atomic E-state index is 13.2. The molecule has 0 aromatic carbocycles. The predicted molar refractivity (Wildman–Crippen MR) is 129 cm³/mol. The zero-order chi connectivity index (χ0) is 24.1. The van der Waals surface area contributed by atoms with Gasteiger partial charge in [0, 0.05) is 12.6 Å². The zero-order valence-electron chi connectivity index (χ0n) is 19.8. The molecular weight excluding hydrogens is 438 g/mol. The lowest BCUT2D eigenvalue weighted by molar-refractivity contribution is -0.142. The molecule has 0 bridgehead atoms. The van der Waals surface area contributed by atoms with Crippen LogP contribution >= 0.6 is 0 Å². The van der Waals surface area contributed by atoms with Gasteiger partial charge in [-0.3, -0.25) is 4.79 Å². The Morgan fingerprint density at radius 3 is 2.52 bits per heavy atom. The second kappa shape index (κ2) is 11.0. The number of nitrogens with one attached hydrogen (secondary N) is 1. The van der Waals surface area contributed by atoms with Gasteiger partial charge >= 0.3 is 0 Å². The molecule has 2 saturated carbocycles. The monoisotopic (exact) mass is 475 g/mol. The minimum atomic E-state index is -3.43. The molecule has 1 N–H and O–H groups in total. The first kappa shape index (κ1) is 25.7. The number of nitriles is 1. The lowest BCUT2D eigenvalue weighted by atomic mass is 9.82. The van der Waals surface area contributed by atoms with Crippen molar-refractivity contribution in [1.29, 1.82) is 5.26 Å². The lowest BCUT2D eigenvalue weighted by Crippen LogP contribution is -2.60. The molecule has 0 aromatic rings. The highest BCUT2D eigenvalue weighted by Crippen LogP contribution is 2.47. The van der Waals surface area contributed by atoms with Crippen LogP contribution in [0, 0.1) is 22.7 Å². The van der Waals surface area contributed by atoms with Crippen molar-refractivity contribution in [2.45, 2.75) is 76.5 Å². The third kappa shape index (κ3) is 6.78. The molecule has 7 nitrogen and oxygen atoms in total. The van der Waals surface area contributed by atoms with Gasteiger partial charge in [0.25, 0.3) is 0 Å². The molecule has 3 aliphatic rings. The van der Waals surface area contributed by atoms with Gasteiger partial charge < -0.3 is 9.64 Å². The molecule has 2 atom stereocenters. The Kier molecular flexibility index (Phi) is 8.54. The van der Waals surface area contributed by atoms with Crippen molar-refractivity contribution in [1.82, 2.24) is 9.62 Å². The summed E-state index contributed by atoms with van der Waals surface area (Å²) in [4.78, 5) is 14.9. The van der Waals surface area contributed by atoms with Crippen LogP contribution in [0.3, 0.4) is 0 Å². The van der Waals surface area contributed by atoms with E-state index in [2.05, 4.69) is 30.4 Å². The average Bonchev–Trinajstić information content (AvgIpc) is 3.58. The fourth-order valence-electron chi connectivity index (χ4n) is 5.04. The van der Waals surface area contributed by atoms with Crippen molar-refractivity contribution < 1.29 is 17.9 Å². The molecule has 33 heavy (non-hydrogen) atoms. The van der Waals surface area contributed by atoms with E-state index in [0.29, 0.717) is 38.1 Å². The normalized spacial score (nSPS) is 30.1. The SMILES string of the molecule is C=C/C=C\C=C(/C)[C@H]1CC[C@@H](OC[C@H]2[C@@H](NS(C)(=O)=O)CCCN2C(=O)C2(C#N)CC2)CC1. The topological polar surface area (TPSA) is 99.5 Å². The van der Waals surface area contributed by atoms with E-state index >= 15 is 0 Å². The van der Waals surface area contributed by atoms with Gasteiger partial charge in [0.05, 0.1) is 31.1 Å². The van der Waals surface area contributed by atoms with Crippen LogP contribution in [0.5, 0.6) is 0 Å². The molecule has 0 unspecified atom stereocenters. The van der Waals surface area contributed by atoms with E-state index in [-0.39, 0.29) is 18.6 Å². The molecule has 182 valence electrons. The van der Waals surface area contributed by atoms with Crippen LogP contribution in [0.25, 0.3) is 0 Å². The van der Waals surface area contributed by atoms with E-state index in [0.717, 1.165) is 31.9 Å². The number of piperidine rings is 1. The summed E-state index contributed by atoms with van der Waals surface area (Å²) in [5.74, 6) is 0.368. The number of rotatable bonds is 9. The van der Waals surface area contributed by atoms with Crippen LogP contribution in [0.4, 0.5) is 0 Å². The Hall–Kier alpha value is -1.95. The van der Waals surface area contributed by atoms with Crippen LogP contribution in [0.2, 0.25) is 0 Å². The van der Waals surface area contributed by atoms with Crippen molar-refractivity contribution >= 4 is 15.9 Å². The summed E-state index contributed by atoms with van der Waals surface area (Å²) in [6, 6.07) is 1.39. The highest BCUT2D eigenvalue weighted by Gasteiger charge is 2.54. The molecule has 3 rings (SSSR count). The quantitative estimate of drug-likeness (QED) is 0.515. The third-order valence-electron chi connectivity index (χ3n) is 7.21. The molecule has 0 spiro atoms. The van der Waals surface area contributed by atoms with Gasteiger partial charge in [0.2, 0.25) is 15.9 Å². The first-order valence-electron chi connectivity index (χ1n) is 12.0. The standard InChI is InChI=1S/C25H37N3O4S/c1-4-5-6-8-19(2)20-10-12-21(13-11-20)32-17-23-22(27-33(3,30)31)9-7-16-28(23)24(29)25(18-26)14-15-25/h4-6,8,20-23,27H,1,7,9-17H2,2-3H3/b6-5-,19-8+/t20-,21+,22-,23-/m0/s1. The number of allylic oxidation sites excluding steroid dienone is 5. The van der Waals surface area contributed by atoms with Gasteiger partial charge in [-0.2, -0.15) is 5.26 Å². The fraction of sp³-hybridized carbons (Fsp3) is 0.680. The molecular formula is C25H37N3O4S. The number of carbonyl (C=O) groups is 1. The van der Waals surface area contributed by atoms with Crippen molar-refractivity contribution in [2.75, 3.05) is 19.4 Å². The van der Waals surface area contributed by atoms with Gasteiger partial charge in [0.1, 0.15) is 5.41 Å². The van der Waals surface area contributed by atoms with Crippen LogP contribution < -0.4 is 4.72 Å². The molecule has 2 aliphatic carbocycles. The number of hydrogen-bond acceptors (Lipinski definition) is 5. The Balaban J connectivity index is 1.63. The minimum absolute atomic E-state index is 0.0985. The Bertz CT molecular complexity index is 922. The Morgan fingerprint density at radius 2 is 1.94 bits per heavy atom. The number of hydrogen-bond donors (Lipinski definition) is 1. The van der Waals surface area contributed by atoms with E-state index in [4.69, 9.17) is 4.74 Å². The molecule has 1 amide bonds. The van der Waals surface area contributed by atoms with Gasteiger partial charge in [0.15, 0.2) is 0 Å². The predicted octanol–water partition coefficient (Wildman–Crippen LogP) is 3.46. The number of nitrogens with zero attached hydrogens (tertiary/aromatic N) is 2. The van der Waals surface area contributed by atoms with Crippen molar-refractivity contribution in [3.63, 3.8) is 0 Å². The van der Waals surface area contributed by atoms with Gasteiger partial charge in [-0.25, -0.2) is 13.1 Å². The van der Waals surface area contributed by atoms with Gasteiger partial charge in [-0.05, 0) is 64.2 Å². The molecule has 1 heterocycles. The summed E-state index contributed by atoms with van der Waals surface area (Å²) in [7, 11) is -3.43. The molecule has 3 fully saturated rings. The Morgan fingerprint density at radius 1 is 1.24 bits per heavy atom.